The summed E-state index contributed by atoms with van der Waals surface area (Å²) >= 11 is 5.70. The number of hydrogen-bond acceptors (Lipinski definition) is 2. The van der Waals surface area contributed by atoms with Crippen LogP contribution < -0.4 is 4.90 Å². The van der Waals surface area contributed by atoms with Crippen LogP contribution in [0, 0.1) is 5.82 Å². The van der Waals surface area contributed by atoms with E-state index >= 15 is 0 Å². The van der Waals surface area contributed by atoms with Gasteiger partial charge in [-0.15, -0.1) is 11.6 Å². The minimum absolute atomic E-state index is 0.155. The Bertz CT molecular complexity index is 389. The molecular weight excluding hydrogens is 251 g/mol. The number of piperazine rings is 1. The van der Waals surface area contributed by atoms with Crippen LogP contribution in [0.5, 0.6) is 0 Å². The molecule has 2 rings (SSSR count). The Labute approximate surface area is 113 Å². The largest absolute Gasteiger partial charge is 0.367 e. The van der Waals surface area contributed by atoms with E-state index in [1.165, 1.54) is 6.42 Å². The van der Waals surface area contributed by atoms with Crippen molar-refractivity contribution in [3.05, 3.63) is 29.6 Å². The fourth-order valence-electron chi connectivity index (χ4n) is 2.42. The fourth-order valence-corrected chi connectivity index (χ4v) is 2.58. The quantitative estimate of drug-likeness (QED) is 0.776. The average molecular weight is 271 g/mol. The molecule has 18 heavy (non-hydrogen) atoms. The third-order valence-electron chi connectivity index (χ3n) is 3.42. The average Bonchev–Trinajstić information content (AvgIpc) is 2.40. The minimum Gasteiger partial charge on any atom is -0.367 e. The highest BCUT2D eigenvalue weighted by atomic mass is 35.5. The highest BCUT2D eigenvalue weighted by Gasteiger charge is 2.18. The maximum absolute atomic E-state index is 14.0. The topological polar surface area (TPSA) is 6.48 Å². The zero-order chi connectivity index (χ0) is 13.0. The van der Waals surface area contributed by atoms with Crippen molar-refractivity contribution >= 4 is 17.3 Å². The molecule has 1 aromatic carbocycles. The summed E-state index contributed by atoms with van der Waals surface area (Å²) in [6, 6.07) is 5.30. The molecule has 100 valence electrons. The molecule has 1 saturated heterocycles. The lowest BCUT2D eigenvalue weighted by molar-refractivity contribution is 0.258. The van der Waals surface area contributed by atoms with E-state index in [-0.39, 0.29) is 5.82 Å². The standard InChI is InChI=1S/C14H20ClFN2/c1-2-5-17-6-8-18(9-7-17)14-4-3-12(11-15)10-13(14)16/h3-4,10H,2,5-9,11H2,1H3. The van der Waals surface area contributed by atoms with E-state index < -0.39 is 0 Å². The molecule has 2 nitrogen and oxygen atoms in total. The Hall–Kier alpha value is -0.800. The van der Waals surface area contributed by atoms with Gasteiger partial charge in [0.05, 0.1) is 5.69 Å². The molecule has 0 radical (unpaired) electrons. The van der Waals surface area contributed by atoms with Crippen LogP contribution >= 0.6 is 11.6 Å². The lowest BCUT2D eigenvalue weighted by Gasteiger charge is -2.36. The molecular formula is C14H20ClFN2. The van der Waals surface area contributed by atoms with Crippen molar-refractivity contribution in [3.63, 3.8) is 0 Å². The predicted molar refractivity (Wildman–Crippen MR) is 74.9 cm³/mol. The number of rotatable bonds is 4. The van der Waals surface area contributed by atoms with Crippen LogP contribution in [0.15, 0.2) is 18.2 Å². The van der Waals surface area contributed by atoms with Gasteiger partial charge in [-0.3, -0.25) is 4.90 Å². The van der Waals surface area contributed by atoms with Crippen LogP contribution in [0.1, 0.15) is 18.9 Å². The van der Waals surface area contributed by atoms with Gasteiger partial charge >= 0.3 is 0 Å². The number of anilines is 1. The lowest BCUT2D eigenvalue weighted by Crippen LogP contribution is -2.46. The first kappa shape index (κ1) is 13.6. The summed E-state index contributed by atoms with van der Waals surface area (Å²) in [6.07, 6.45) is 1.18. The Morgan fingerprint density at radius 2 is 1.94 bits per heavy atom. The summed E-state index contributed by atoms with van der Waals surface area (Å²) in [5.41, 5.74) is 1.54. The molecule has 0 aromatic heterocycles. The third kappa shape index (κ3) is 3.15. The van der Waals surface area contributed by atoms with E-state index in [2.05, 4.69) is 16.7 Å². The van der Waals surface area contributed by atoms with Gasteiger partial charge in [-0.2, -0.15) is 0 Å². The van der Waals surface area contributed by atoms with Crippen molar-refractivity contribution in [2.45, 2.75) is 19.2 Å². The summed E-state index contributed by atoms with van der Waals surface area (Å²) in [7, 11) is 0. The smallest absolute Gasteiger partial charge is 0.146 e. The molecule has 0 amide bonds. The third-order valence-corrected chi connectivity index (χ3v) is 3.73. The van der Waals surface area contributed by atoms with E-state index in [0.717, 1.165) is 38.3 Å². The molecule has 4 heteroatoms. The van der Waals surface area contributed by atoms with Crippen LogP contribution in [0.25, 0.3) is 0 Å². The number of benzene rings is 1. The van der Waals surface area contributed by atoms with Gasteiger partial charge in [0.1, 0.15) is 5.82 Å². The molecule has 1 aliphatic rings. The molecule has 0 atom stereocenters. The first-order valence-electron chi connectivity index (χ1n) is 6.56. The summed E-state index contributed by atoms with van der Waals surface area (Å²) in [5.74, 6) is 0.207. The predicted octanol–water partition coefficient (Wildman–Crippen LogP) is 3.10. The summed E-state index contributed by atoms with van der Waals surface area (Å²) in [6.45, 7) is 7.17. The van der Waals surface area contributed by atoms with Crippen molar-refractivity contribution in [1.29, 1.82) is 0 Å². The van der Waals surface area contributed by atoms with Crippen LogP contribution in [0.2, 0.25) is 0 Å². The van der Waals surface area contributed by atoms with Crippen molar-refractivity contribution < 1.29 is 4.39 Å². The second kappa shape index (κ2) is 6.39. The Morgan fingerprint density at radius 1 is 1.22 bits per heavy atom. The second-order valence-corrected chi connectivity index (χ2v) is 5.02. The maximum atomic E-state index is 14.0. The van der Waals surface area contributed by atoms with Crippen molar-refractivity contribution in [2.75, 3.05) is 37.6 Å². The van der Waals surface area contributed by atoms with E-state index in [9.17, 15) is 4.39 Å². The summed E-state index contributed by atoms with van der Waals surface area (Å²) in [4.78, 5) is 4.56. The Morgan fingerprint density at radius 3 is 2.50 bits per heavy atom. The van der Waals surface area contributed by atoms with Crippen LogP contribution in [-0.4, -0.2) is 37.6 Å². The highest BCUT2D eigenvalue weighted by molar-refractivity contribution is 6.17. The number of halogens is 2. The summed E-state index contributed by atoms with van der Waals surface area (Å²) in [5, 5.41) is 0. The SMILES string of the molecule is CCCN1CCN(c2ccc(CCl)cc2F)CC1. The lowest BCUT2D eigenvalue weighted by atomic mass is 10.2. The van der Waals surface area contributed by atoms with E-state index in [0.29, 0.717) is 11.6 Å². The van der Waals surface area contributed by atoms with Gasteiger partial charge in [-0.25, -0.2) is 4.39 Å². The van der Waals surface area contributed by atoms with Gasteiger partial charge in [-0.1, -0.05) is 13.0 Å². The molecule has 1 aliphatic heterocycles. The molecule has 0 saturated carbocycles. The zero-order valence-electron chi connectivity index (χ0n) is 10.8. The van der Waals surface area contributed by atoms with Crippen molar-refractivity contribution in [3.8, 4) is 0 Å². The van der Waals surface area contributed by atoms with Crippen LogP contribution in [-0.2, 0) is 5.88 Å². The van der Waals surface area contributed by atoms with Crippen molar-refractivity contribution in [1.82, 2.24) is 4.90 Å². The van der Waals surface area contributed by atoms with Gasteiger partial charge in [0.25, 0.3) is 0 Å². The number of hydrogen-bond donors (Lipinski definition) is 0. The Kier molecular flexibility index (Phi) is 4.84. The molecule has 1 aromatic rings. The fraction of sp³-hybridized carbons (Fsp3) is 0.571. The molecule has 0 N–H and O–H groups in total. The molecule has 0 spiro atoms. The number of alkyl halides is 1. The maximum Gasteiger partial charge on any atom is 0.146 e. The van der Waals surface area contributed by atoms with Gasteiger partial charge < -0.3 is 4.90 Å². The first-order chi connectivity index (χ1) is 8.74. The van der Waals surface area contributed by atoms with Gasteiger partial charge in [0.2, 0.25) is 0 Å². The van der Waals surface area contributed by atoms with E-state index in [1.807, 2.05) is 12.1 Å². The van der Waals surface area contributed by atoms with Crippen LogP contribution in [0.3, 0.4) is 0 Å². The van der Waals surface area contributed by atoms with Gasteiger partial charge in [0.15, 0.2) is 0 Å². The molecule has 1 fully saturated rings. The molecule has 0 bridgehead atoms. The van der Waals surface area contributed by atoms with Gasteiger partial charge in [0, 0.05) is 32.1 Å². The molecule has 1 heterocycles. The monoisotopic (exact) mass is 270 g/mol. The minimum atomic E-state index is -0.155. The first-order valence-corrected chi connectivity index (χ1v) is 7.09. The number of nitrogens with zero attached hydrogens (tertiary/aromatic N) is 2. The molecule has 0 aliphatic carbocycles. The van der Waals surface area contributed by atoms with E-state index in [1.54, 1.807) is 6.07 Å². The van der Waals surface area contributed by atoms with Gasteiger partial charge in [-0.05, 0) is 30.7 Å². The Balaban J connectivity index is 2.01. The van der Waals surface area contributed by atoms with E-state index in [4.69, 9.17) is 11.6 Å². The normalized spacial score (nSPS) is 17.2. The van der Waals surface area contributed by atoms with Crippen molar-refractivity contribution in [2.24, 2.45) is 0 Å². The zero-order valence-corrected chi connectivity index (χ0v) is 11.6. The second-order valence-electron chi connectivity index (χ2n) is 4.75. The molecule has 0 unspecified atom stereocenters. The highest BCUT2D eigenvalue weighted by Crippen LogP contribution is 2.22. The van der Waals surface area contributed by atoms with Crippen LogP contribution in [0.4, 0.5) is 10.1 Å². The summed E-state index contributed by atoms with van der Waals surface area (Å²) < 4.78 is 14.0.